The first-order valence-corrected chi connectivity index (χ1v) is 6.27. The molecule has 0 bridgehead atoms. The van der Waals surface area contributed by atoms with Gasteiger partial charge in [-0.2, -0.15) is 0 Å². The van der Waals surface area contributed by atoms with E-state index in [9.17, 15) is 4.39 Å². The van der Waals surface area contributed by atoms with Crippen LogP contribution in [0.15, 0.2) is 18.2 Å². The van der Waals surface area contributed by atoms with E-state index in [1.807, 2.05) is 0 Å². The molecule has 1 aliphatic carbocycles. The second-order valence-corrected chi connectivity index (χ2v) is 4.63. The lowest BCUT2D eigenvalue weighted by Crippen LogP contribution is -2.15. The molecule has 0 heterocycles. The predicted octanol–water partition coefficient (Wildman–Crippen LogP) is 4.23. The molecule has 1 saturated carbocycles. The summed E-state index contributed by atoms with van der Waals surface area (Å²) in [5.41, 5.74) is 0.364. The fourth-order valence-corrected chi connectivity index (χ4v) is 2.37. The van der Waals surface area contributed by atoms with Gasteiger partial charge in [0.05, 0.1) is 12.2 Å². The average Bonchev–Trinajstić information content (AvgIpc) is 2.37. The third-order valence-electron chi connectivity index (χ3n) is 3.38. The Kier molecular flexibility index (Phi) is 4.18. The second-order valence-electron chi connectivity index (χ2n) is 4.63. The highest BCUT2D eigenvalue weighted by molar-refractivity contribution is 5.55. The highest BCUT2D eigenvalue weighted by Crippen LogP contribution is 2.27. The average molecular weight is 233 g/mol. The topological polar surface area (TPSA) is 9.23 Å². The molecule has 0 spiro atoms. The van der Waals surface area contributed by atoms with Crippen LogP contribution in [0.1, 0.15) is 37.7 Å². The van der Waals surface area contributed by atoms with E-state index in [0.29, 0.717) is 23.8 Å². The minimum Gasteiger partial charge on any atom is -0.493 e. The maximum absolute atomic E-state index is 13.4. The van der Waals surface area contributed by atoms with E-state index in [0.717, 1.165) is 0 Å². The summed E-state index contributed by atoms with van der Waals surface area (Å²) in [7, 11) is 0. The minimum atomic E-state index is -0.325. The van der Waals surface area contributed by atoms with Gasteiger partial charge in [0, 0.05) is 0 Å². The molecule has 1 radical (unpaired) electrons. The van der Waals surface area contributed by atoms with Crippen LogP contribution in [0.2, 0.25) is 0 Å². The normalized spacial score (nSPS) is 16.8. The minimum absolute atomic E-state index is 0.325. The van der Waals surface area contributed by atoms with Gasteiger partial charge in [0.2, 0.25) is 0 Å². The third kappa shape index (κ3) is 3.09. The van der Waals surface area contributed by atoms with E-state index in [1.165, 1.54) is 44.2 Å². The molecule has 0 unspecified atom stereocenters. The number of hydrogen-bond donors (Lipinski definition) is 0. The van der Waals surface area contributed by atoms with E-state index in [-0.39, 0.29) is 5.82 Å². The molecule has 1 aliphatic rings. The lowest BCUT2D eigenvalue weighted by Gasteiger charge is -2.22. The van der Waals surface area contributed by atoms with Gasteiger partial charge in [0.1, 0.15) is 11.6 Å². The Hall–Kier alpha value is -1.31. The van der Waals surface area contributed by atoms with Gasteiger partial charge in [-0.3, -0.25) is 0 Å². The summed E-state index contributed by atoms with van der Waals surface area (Å²) in [5.74, 6) is 0.837. The molecule has 0 aromatic heterocycles. The van der Waals surface area contributed by atoms with Gasteiger partial charge < -0.3 is 4.74 Å². The largest absolute Gasteiger partial charge is 0.493 e. The lowest BCUT2D eigenvalue weighted by molar-refractivity contribution is 0.208. The van der Waals surface area contributed by atoms with Crippen molar-refractivity contribution in [3.63, 3.8) is 0 Å². The molecule has 0 N–H and O–H groups in total. The molecular weight excluding hydrogens is 215 g/mol. The summed E-state index contributed by atoms with van der Waals surface area (Å²) in [6.07, 6.45) is 7.61. The van der Waals surface area contributed by atoms with Gasteiger partial charge in [0.25, 0.3) is 0 Å². The molecule has 1 fully saturated rings. The maximum atomic E-state index is 13.4. The third-order valence-corrected chi connectivity index (χ3v) is 3.38. The Morgan fingerprint density at radius 1 is 1.29 bits per heavy atom. The van der Waals surface area contributed by atoms with Crippen molar-refractivity contribution in [2.45, 2.75) is 32.1 Å². The van der Waals surface area contributed by atoms with Gasteiger partial charge in [-0.1, -0.05) is 31.9 Å². The van der Waals surface area contributed by atoms with Crippen LogP contribution in [0.3, 0.4) is 0 Å². The zero-order valence-corrected chi connectivity index (χ0v) is 9.99. The van der Waals surface area contributed by atoms with Crippen molar-refractivity contribution in [3.8, 4) is 5.75 Å². The summed E-state index contributed by atoms with van der Waals surface area (Å²) < 4.78 is 19.1. The van der Waals surface area contributed by atoms with Crippen LogP contribution in [-0.4, -0.2) is 6.61 Å². The molecule has 0 amide bonds. The van der Waals surface area contributed by atoms with Crippen molar-refractivity contribution in [1.82, 2.24) is 0 Å². The Bertz CT molecular complexity index is 381. The summed E-state index contributed by atoms with van der Waals surface area (Å²) >= 11 is 0. The van der Waals surface area contributed by atoms with E-state index < -0.39 is 0 Å². The monoisotopic (exact) mass is 233 g/mol. The number of benzene rings is 1. The van der Waals surface area contributed by atoms with Gasteiger partial charge in [0.15, 0.2) is 0 Å². The van der Waals surface area contributed by atoms with Crippen molar-refractivity contribution >= 4 is 6.08 Å². The van der Waals surface area contributed by atoms with Crippen molar-refractivity contribution in [2.24, 2.45) is 5.92 Å². The number of rotatable bonds is 4. The second kappa shape index (κ2) is 5.85. The fourth-order valence-electron chi connectivity index (χ4n) is 2.37. The first-order valence-electron chi connectivity index (χ1n) is 6.27. The van der Waals surface area contributed by atoms with Crippen LogP contribution in [0.25, 0.3) is 6.08 Å². The lowest BCUT2D eigenvalue weighted by atomic mass is 9.90. The first kappa shape index (κ1) is 12.2. The molecule has 0 aliphatic heterocycles. The zero-order valence-electron chi connectivity index (χ0n) is 9.99. The molecule has 0 saturated heterocycles. The molecule has 17 heavy (non-hydrogen) atoms. The van der Waals surface area contributed by atoms with Gasteiger partial charge in [-0.15, -0.1) is 0 Å². The molecule has 1 aromatic carbocycles. The van der Waals surface area contributed by atoms with Crippen LogP contribution >= 0.6 is 0 Å². The van der Waals surface area contributed by atoms with Gasteiger partial charge >= 0.3 is 0 Å². The molecule has 2 rings (SSSR count). The fraction of sp³-hybridized carbons (Fsp3) is 0.467. The molecule has 91 valence electrons. The summed E-state index contributed by atoms with van der Waals surface area (Å²) in [6.45, 7) is 6.09. The van der Waals surface area contributed by atoms with Crippen LogP contribution in [0.5, 0.6) is 5.75 Å². The van der Waals surface area contributed by atoms with Crippen molar-refractivity contribution in [2.75, 3.05) is 6.61 Å². The molecule has 2 heteroatoms. The van der Waals surface area contributed by atoms with Gasteiger partial charge in [-0.25, -0.2) is 4.39 Å². The predicted molar refractivity (Wildman–Crippen MR) is 67.2 cm³/mol. The zero-order chi connectivity index (χ0) is 12.1. The summed E-state index contributed by atoms with van der Waals surface area (Å²) in [4.78, 5) is 0. The van der Waals surface area contributed by atoms with Crippen LogP contribution in [-0.2, 0) is 0 Å². The highest BCUT2D eigenvalue weighted by Gasteiger charge is 2.15. The molecule has 1 nitrogen and oxygen atoms in total. The highest BCUT2D eigenvalue weighted by atomic mass is 19.1. The van der Waals surface area contributed by atoms with Crippen LogP contribution in [0, 0.1) is 18.3 Å². The Labute approximate surface area is 102 Å². The van der Waals surface area contributed by atoms with E-state index in [2.05, 4.69) is 0 Å². The van der Waals surface area contributed by atoms with E-state index in [4.69, 9.17) is 11.3 Å². The van der Waals surface area contributed by atoms with Crippen molar-refractivity contribution in [3.05, 3.63) is 36.2 Å². The molecular formula is C15H18FO. The van der Waals surface area contributed by atoms with E-state index >= 15 is 0 Å². The van der Waals surface area contributed by atoms with Gasteiger partial charge in [-0.05, 0) is 37.0 Å². The first-order chi connectivity index (χ1) is 8.31. The molecule has 1 aromatic rings. The summed E-state index contributed by atoms with van der Waals surface area (Å²) in [5, 5.41) is 0. The number of halogens is 1. The number of ether oxygens (including phenoxy) is 1. The maximum Gasteiger partial charge on any atom is 0.134 e. The van der Waals surface area contributed by atoms with Crippen molar-refractivity contribution < 1.29 is 9.13 Å². The Morgan fingerprint density at radius 2 is 2.06 bits per heavy atom. The summed E-state index contributed by atoms with van der Waals surface area (Å²) in [6, 6.07) is 4.81. The van der Waals surface area contributed by atoms with E-state index in [1.54, 1.807) is 12.1 Å². The number of hydrogen-bond acceptors (Lipinski definition) is 1. The van der Waals surface area contributed by atoms with Crippen LogP contribution in [0.4, 0.5) is 4.39 Å². The SMILES string of the molecule is [CH]=Cc1c(F)cccc1OCC1CCCCC1. The molecule has 0 atom stereocenters. The Morgan fingerprint density at radius 3 is 2.76 bits per heavy atom. The standard InChI is InChI=1S/C15H18FO/c1-2-13-14(16)9-6-10-15(13)17-11-12-7-4-3-5-8-12/h1-2,6,9-10,12H,3-5,7-8,11H2. The van der Waals surface area contributed by atoms with Crippen molar-refractivity contribution in [1.29, 1.82) is 0 Å². The van der Waals surface area contributed by atoms with Crippen LogP contribution < -0.4 is 4.74 Å². The smallest absolute Gasteiger partial charge is 0.134 e. The quantitative estimate of drug-likeness (QED) is 0.756. The Balaban J connectivity index is 1.98.